The summed E-state index contributed by atoms with van der Waals surface area (Å²) in [6, 6.07) is 14.5. The summed E-state index contributed by atoms with van der Waals surface area (Å²) in [7, 11) is 1.64. The van der Waals surface area contributed by atoms with E-state index in [1.165, 1.54) is 30.8 Å². The van der Waals surface area contributed by atoms with Gasteiger partial charge in [-0.25, -0.2) is 4.52 Å². The molecule has 306 valence electrons. The number of nitrogens with zero attached hydrogens (tertiary/aromatic N) is 8. The lowest BCUT2D eigenvalue weighted by Crippen LogP contribution is -2.50. The van der Waals surface area contributed by atoms with Gasteiger partial charge in [-0.3, -0.25) is 14.8 Å². The van der Waals surface area contributed by atoms with Gasteiger partial charge < -0.3 is 25.1 Å². The molecule has 5 fully saturated rings. The minimum absolute atomic E-state index is 0.0730. The predicted molar refractivity (Wildman–Crippen MR) is 226 cm³/mol. The van der Waals surface area contributed by atoms with E-state index < -0.39 is 0 Å². The van der Waals surface area contributed by atoms with Crippen LogP contribution in [-0.2, 0) is 19.7 Å². The summed E-state index contributed by atoms with van der Waals surface area (Å²) in [4.78, 5) is 35.9. The number of likely N-dealkylation sites (tertiary alicyclic amines) is 1. The number of hydrogen-bond acceptors (Lipinski definition) is 12. The lowest BCUT2D eigenvalue weighted by atomic mass is 9.53. The first kappa shape index (κ1) is 39.4. The second kappa shape index (κ2) is 16.9. The van der Waals surface area contributed by atoms with Gasteiger partial charge in [-0.2, -0.15) is 10.4 Å². The third-order valence-electron chi connectivity index (χ3n) is 13.8. The van der Waals surface area contributed by atoms with Crippen molar-refractivity contribution in [2.75, 3.05) is 45.2 Å². The number of fused-ring (bicyclic) bond motifs is 4. The van der Waals surface area contributed by atoms with Crippen LogP contribution in [0, 0.1) is 16.7 Å². The van der Waals surface area contributed by atoms with E-state index in [9.17, 15) is 14.9 Å². The first-order chi connectivity index (χ1) is 28.9. The summed E-state index contributed by atoms with van der Waals surface area (Å²) >= 11 is 1.74. The van der Waals surface area contributed by atoms with Crippen LogP contribution in [0.5, 0.6) is 0 Å². The van der Waals surface area contributed by atoms with Crippen LogP contribution in [-0.4, -0.2) is 92.8 Å². The van der Waals surface area contributed by atoms with Crippen molar-refractivity contribution >= 4 is 34.7 Å². The van der Waals surface area contributed by atoms with Crippen LogP contribution in [0.2, 0.25) is 0 Å². The Morgan fingerprint density at radius 3 is 2.51 bits per heavy atom. The van der Waals surface area contributed by atoms with Crippen molar-refractivity contribution in [3.63, 3.8) is 0 Å². The number of rotatable bonds is 13. The Kier molecular flexibility index (Phi) is 11.3. The second-order valence-electron chi connectivity index (χ2n) is 17.2. The molecule has 2 aliphatic heterocycles. The first-order valence-electron chi connectivity index (χ1n) is 21.3. The van der Waals surface area contributed by atoms with Crippen LogP contribution < -0.4 is 10.6 Å². The lowest BCUT2D eigenvalue weighted by molar-refractivity contribution is -0.122. The van der Waals surface area contributed by atoms with E-state index in [1.54, 1.807) is 24.6 Å². The van der Waals surface area contributed by atoms with E-state index in [2.05, 4.69) is 38.8 Å². The van der Waals surface area contributed by atoms with E-state index in [4.69, 9.17) is 24.9 Å². The van der Waals surface area contributed by atoms with E-state index >= 15 is 0 Å². The molecule has 2 bridgehead atoms. The van der Waals surface area contributed by atoms with Crippen molar-refractivity contribution in [2.45, 2.75) is 100 Å². The zero-order valence-electron chi connectivity index (χ0n) is 33.7. The van der Waals surface area contributed by atoms with Crippen LogP contribution in [0.25, 0.3) is 27.5 Å². The molecular formula is C45H52N10O3S. The van der Waals surface area contributed by atoms with Crippen LogP contribution in [0.3, 0.4) is 0 Å². The molecule has 0 radical (unpaired) electrons. The average molecular weight is 813 g/mol. The monoisotopic (exact) mass is 812 g/mol. The van der Waals surface area contributed by atoms with Gasteiger partial charge in [0.25, 0.3) is 0 Å². The highest BCUT2D eigenvalue weighted by molar-refractivity contribution is 7.14. The van der Waals surface area contributed by atoms with Crippen molar-refractivity contribution in [1.82, 2.24) is 40.0 Å². The van der Waals surface area contributed by atoms with Gasteiger partial charge in [-0.05, 0) is 125 Å². The minimum Gasteiger partial charge on any atom is -0.381 e. The van der Waals surface area contributed by atoms with E-state index in [0.717, 1.165) is 122 Å². The maximum atomic E-state index is 12.5. The summed E-state index contributed by atoms with van der Waals surface area (Å²) < 4.78 is 7.50. The van der Waals surface area contributed by atoms with E-state index in [0.29, 0.717) is 29.7 Å². The molecule has 3 saturated carbocycles. The quantitative estimate of drug-likeness (QED) is 0.117. The summed E-state index contributed by atoms with van der Waals surface area (Å²) in [5, 5.41) is 32.3. The molecular weight excluding hydrogens is 761 g/mol. The highest BCUT2D eigenvalue weighted by Gasteiger charge is 2.51. The Morgan fingerprint density at radius 2 is 1.80 bits per heavy atom. The third kappa shape index (κ3) is 8.00. The van der Waals surface area contributed by atoms with Gasteiger partial charge in [0.15, 0.2) is 5.01 Å². The molecule has 1 amide bonds. The number of carbonyl (C=O) groups excluding carboxylic acids is 2. The van der Waals surface area contributed by atoms with Crippen LogP contribution in [0.1, 0.15) is 111 Å². The normalized spacial score (nSPS) is 23.2. The third-order valence-corrected chi connectivity index (χ3v) is 15.0. The Hall–Kier alpha value is -5.10. The van der Waals surface area contributed by atoms with Crippen molar-refractivity contribution in [3.8, 4) is 28.0 Å². The fraction of sp³-hybridized carbons (Fsp3) is 0.511. The molecule has 59 heavy (non-hydrogen) atoms. The number of likely N-dealkylation sites (N-methyl/N-ethyl adjacent to an activating group) is 1. The van der Waals surface area contributed by atoms with Gasteiger partial charge in [0.1, 0.15) is 17.4 Å². The smallest absolute Gasteiger partial charge is 0.227 e. The molecule has 1 atom stereocenters. The van der Waals surface area contributed by atoms with Crippen molar-refractivity contribution in [1.29, 1.82) is 5.26 Å². The van der Waals surface area contributed by atoms with Crippen LogP contribution >= 0.6 is 11.3 Å². The second-order valence-corrected chi connectivity index (χ2v) is 18.2. The van der Waals surface area contributed by atoms with Gasteiger partial charge in [-0.15, -0.1) is 10.2 Å². The SMILES string of the molecule is CNC(=O)C(CCC=O)c1ccc(C2CCN(CC34CCC(c5nnc(-c6cnc(-c7ccc8cc(C#N)cnn78)cc6NC6CCOCC6)s5)(CC3)CC4)CC2)nc1. The highest BCUT2D eigenvalue weighted by atomic mass is 32.1. The number of amides is 1. The largest absolute Gasteiger partial charge is 0.381 e. The summed E-state index contributed by atoms with van der Waals surface area (Å²) in [5.74, 6) is -0.000844. The molecule has 2 saturated heterocycles. The molecule has 2 N–H and O–H groups in total. The van der Waals surface area contributed by atoms with Crippen molar-refractivity contribution in [2.24, 2.45) is 5.41 Å². The highest BCUT2D eigenvalue weighted by Crippen LogP contribution is 2.59. The summed E-state index contributed by atoms with van der Waals surface area (Å²) in [6.07, 6.45) is 18.3. The molecule has 13 nitrogen and oxygen atoms in total. The number of nitriles is 1. The molecule has 0 aromatic carbocycles. The van der Waals surface area contributed by atoms with Crippen molar-refractivity contribution in [3.05, 3.63) is 76.8 Å². The number of pyridine rings is 2. The van der Waals surface area contributed by atoms with Crippen LogP contribution in [0.15, 0.2) is 55.0 Å². The van der Waals surface area contributed by atoms with Gasteiger partial charge in [0.2, 0.25) is 5.91 Å². The zero-order chi connectivity index (χ0) is 40.4. The number of hydrogen-bond donors (Lipinski definition) is 2. The molecule has 10 rings (SSSR count). The molecule has 0 spiro atoms. The van der Waals surface area contributed by atoms with Gasteiger partial charge in [0, 0.05) is 74.4 Å². The van der Waals surface area contributed by atoms with Crippen LogP contribution in [0.4, 0.5) is 5.69 Å². The number of ether oxygens (including phenoxy) is 1. The topological polar surface area (TPSA) is 163 Å². The predicted octanol–water partition coefficient (Wildman–Crippen LogP) is 7.05. The first-order valence-corrected chi connectivity index (χ1v) is 22.1. The van der Waals surface area contributed by atoms with Crippen molar-refractivity contribution < 1.29 is 14.3 Å². The molecule has 5 aromatic rings. The minimum atomic E-state index is -0.351. The van der Waals surface area contributed by atoms with Gasteiger partial charge in [-0.1, -0.05) is 17.4 Å². The summed E-state index contributed by atoms with van der Waals surface area (Å²) in [6.45, 7) is 4.81. The number of nitrogens with one attached hydrogen (secondary N) is 2. The molecule has 14 heteroatoms. The van der Waals surface area contributed by atoms with E-state index in [1.807, 2.05) is 41.2 Å². The molecule has 7 heterocycles. The maximum Gasteiger partial charge on any atom is 0.227 e. The average Bonchev–Trinajstić information content (AvgIpc) is 3.96. The van der Waals surface area contributed by atoms with Gasteiger partial charge >= 0.3 is 0 Å². The molecule has 5 aromatic heterocycles. The van der Waals surface area contributed by atoms with Gasteiger partial charge in [0.05, 0.1) is 40.1 Å². The Bertz CT molecular complexity index is 2310. The molecule has 3 aliphatic carbocycles. The number of carbonyl (C=O) groups is 2. The Balaban J connectivity index is 0.850. The summed E-state index contributed by atoms with van der Waals surface area (Å²) in [5.41, 5.74) is 7.45. The number of aldehydes is 1. The zero-order valence-corrected chi connectivity index (χ0v) is 34.6. The maximum absolute atomic E-state index is 12.5. The standard InChI is InChI=1S/C45H52N10O3S/c1-47-41(57)35(3-2-20-56)32-4-6-37(48-27-32)31-8-18-54(19-9-31)29-44-12-15-45(16-13-44,17-14-44)43-53-52-42(59-43)36-28-49-39(24-38(36)51-33-10-21-58-22-11-33)40-7-5-34-23-30(25-46)26-50-55(34)40/h4-7,20,23-24,26-28,31,33,35H,2-3,8-19,21-22,29H2,1H3,(H,47,57)(H,49,51). The molecule has 1 unspecified atom stereocenters. The Labute approximate surface area is 349 Å². The Morgan fingerprint density at radius 1 is 1.00 bits per heavy atom. The fourth-order valence-corrected chi connectivity index (χ4v) is 11.3. The van der Waals surface area contributed by atoms with E-state index in [-0.39, 0.29) is 23.3 Å². The fourth-order valence-electron chi connectivity index (χ4n) is 10.2. The lowest BCUT2D eigenvalue weighted by Gasteiger charge is -2.54. The number of aromatic nitrogens is 6. The molecule has 5 aliphatic rings. The number of anilines is 1. The number of piperidine rings is 1.